The van der Waals surface area contributed by atoms with Gasteiger partial charge in [-0.05, 0) is 79.6 Å². The molecule has 1 heterocycles. The van der Waals surface area contributed by atoms with Crippen LogP contribution in [0.3, 0.4) is 0 Å². The van der Waals surface area contributed by atoms with Crippen LogP contribution < -0.4 is 4.90 Å². The Hall–Kier alpha value is -1.80. The second kappa shape index (κ2) is 6.60. The van der Waals surface area contributed by atoms with Crippen LogP contribution in [-0.2, 0) is 12.8 Å². The minimum Gasteiger partial charge on any atom is -0.378 e. The molecule has 2 nitrogen and oxygen atoms in total. The Bertz CT molecular complexity index is 696. The van der Waals surface area contributed by atoms with Gasteiger partial charge in [-0.2, -0.15) is 0 Å². The van der Waals surface area contributed by atoms with E-state index in [9.17, 15) is 0 Å². The summed E-state index contributed by atoms with van der Waals surface area (Å²) in [6.07, 6.45) is 6.60. The molecule has 2 heteroatoms. The molecule has 0 amide bonds. The molecule has 1 unspecified atom stereocenters. The van der Waals surface area contributed by atoms with Gasteiger partial charge in [-0.3, -0.25) is 0 Å². The minimum absolute atomic E-state index is 0.783. The van der Waals surface area contributed by atoms with Gasteiger partial charge in [0.15, 0.2) is 0 Å². The molecular formula is C22H28N2. The average Bonchev–Trinajstić information content (AvgIpc) is 3.15. The fourth-order valence-corrected chi connectivity index (χ4v) is 4.29. The third-order valence-corrected chi connectivity index (χ3v) is 5.78. The van der Waals surface area contributed by atoms with Crippen LogP contribution in [0.1, 0.15) is 30.4 Å². The van der Waals surface area contributed by atoms with E-state index in [1.54, 1.807) is 11.1 Å². The Labute approximate surface area is 146 Å². The monoisotopic (exact) mass is 320 g/mol. The maximum atomic E-state index is 2.72. The maximum absolute atomic E-state index is 2.72. The molecule has 0 spiro atoms. The number of aryl methyl sites for hydroxylation is 1. The molecule has 0 aromatic heterocycles. The van der Waals surface area contributed by atoms with E-state index in [1.165, 1.54) is 62.0 Å². The first-order valence-electron chi connectivity index (χ1n) is 9.34. The Morgan fingerprint density at radius 3 is 2.29 bits per heavy atom. The van der Waals surface area contributed by atoms with Crippen molar-refractivity contribution in [1.82, 2.24) is 4.90 Å². The predicted molar refractivity (Wildman–Crippen MR) is 103 cm³/mol. The molecule has 2 aromatic carbocycles. The van der Waals surface area contributed by atoms with E-state index in [0.717, 1.165) is 6.04 Å². The zero-order chi connectivity index (χ0) is 16.5. The summed E-state index contributed by atoms with van der Waals surface area (Å²) < 4.78 is 0. The SMILES string of the molecule is CN(C)c1ccc(-c2ccc3c(c2)CCC(N2CCCC2)C3)cc1. The number of rotatable bonds is 3. The van der Waals surface area contributed by atoms with Gasteiger partial charge in [0.05, 0.1) is 0 Å². The van der Waals surface area contributed by atoms with Crippen LogP contribution in [-0.4, -0.2) is 38.1 Å². The van der Waals surface area contributed by atoms with Crippen LogP contribution >= 0.6 is 0 Å². The van der Waals surface area contributed by atoms with E-state index in [0.29, 0.717) is 0 Å². The second-order valence-corrected chi connectivity index (χ2v) is 7.56. The molecule has 0 radical (unpaired) electrons. The van der Waals surface area contributed by atoms with Crippen molar-refractivity contribution < 1.29 is 0 Å². The largest absolute Gasteiger partial charge is 0.378 e. The molecule has 4 rings (SSSR count). The fraction of sp³-hybridized carbons (Fsp3) is 0.455. The highest BCUT2D eigenvalue weighted by atomic mass is 15.2. The highest BCUT2D eigenvalue weighted by Crippen LogP contribution is 2.31. The topological polar surface area (TPSA) is 6.48 Å². The van der Waals surface area contributed by atoms with Crippen LogP contribution in [0, 0.1) is 0 Å². The summed E-state index contributed by atoms with van der Waals surface area (Å²) in [4.78, 5) is 4.87. The van der Waals surface area contributed by atoms with Crippen LogP contribution in [0.4, 0.5) is 5.69 Å². The third-order valence-electron chi connectivity index (χ3n) is 5.78. The van der Waals surface area contributed by atoms with E-state index < -0.39 is 0 Å². The highest BCUT2D eigenvalue weighted by Gasteiger charge is 2.26. The molecular weight excluding hydrogens is 292 g/mol. The van der Waals surface area contributed by atoms with Crippen molar-refractivity contribution in [2.45, 2.75) is 38.1 Å². The molecule has 0 N–H and O–H groups in total. The Morgan fingerprint density at radius 2 is 1.58 bits per heavy atom. The summed E-state index contributed by atoms with van der Waals surface area (Å²) in [5.41, 5.74) is 7.08. The normalized spacial score (nSPS) is 20.8. The van der Waals surface area contributed by atoms with Crippen molar-refractivity contribution >= 4 is 5.69 Å². The molecule has 1 atom stereocenters. The smallest absolute Gasteiger partial charge is 0.0361 e. The third kappa shape index (κ3) is 3.08. The summed E-state index contributed by atoms with van der Waals surface area (Å²) in [5, 5.41) is 0. The lowest BCUT2D eigenvalue weighted by Crippen LogP contribution is -2.37. The first-order chi connectivity index (χ1) is 11.7. The quantitative estimate of drug-likeness (QED) is 0.828. The standard InChI is InChI=1S/C22H28N2/c1-23(2)21-10-7-17(8-11-21)18-5-6-20-16-22(12-9-19(20)15-18)24-13-3-4-14-24/h5-8,10-11,15,22H,3-4,9,12-14,16H2,1-2H3. The van der Waals surface area contributed by atoms with Gasteiger partial charge in [-0.1, -0.05) is 30.3 Å². The molecule has 24 heavy (non-hydrogen) atoms. The summed E-state index contributed by atoms with van der Waals surface area (Å²) >= 11 is 0. The molecule has 1 aliphatic carbocycles. The lowest BCUT2D eigenvalue weighted by Gasteiger charge is -2.32. The second-order valence-electron chi connectivity index (χ2n) is 7.56. The number of nitrogens with zero attached hydrogens (tertiary/aromatic N) is 2. The molecule has 0 saturated carbocycles. The number of benzene rings is 2. The van der Waals surface area contributed by atoms with Crippen molar-refractivity contribution in [3.63, 3.8) is 0 Å². The van der Waals surface area contributed by atoms with Gasteiger partial charge in [-0.15, -0.1) is 0 Å². The Morgan fingerprint density at radius 1 is 0.875 bits per heavy atom. The van der Waals surface area contributed by atoms with Gasteiger partial charge >= 0.3 is 0 Å². The van der Waals surface area contributed by atoms with E-state index in [-0.39, 0.29) is 0 Å². The number of hydrogen-bond donors (Lipinski definition) is 0. The van der Waals surface area contributed by atoms with Crippen molar-refractivity contribution in [2.24, 2.45) is 0 Å². The number of hydrogen-bond acceptors (Lipinski definition) is 2. The van der Waals surface area contributed by atoms with Gasteiger partial charge in [0.1, 0.15) is 0 Å². The fourth-order valence-electron chi connectivity index (χ4n) is 4.29. The number of anilines is 1. The molecule has 1 saturated heterocycles. The van der Waals surface area contributed by atoms with E-state index >= 15 is 0 Å². The minimum atomic E-state index is 0.783. The van der Waals surface area contributed by atoms with Crippen molar-refractivity contribution in [3.05, 3.63) is 53.6 Å². The van der Waals surface area contributed by atoms with Crippen molar-refractivity contribution in [3.8, 4) is 11.1 Å². The van der Waals surface area contributed by atoms with Gasteiger partial charge in [0, 0.05) is 25.8 Å². The van der Waals surface area contributed by atoms with Crippen molar-refractivity contribution in [1.29, 1.82) is 0 Å². The summed E-state index contributed by atoms with van der Waals surface area (Å²) in [6.45, 7) is 2.63. The lowest BCUT2D eigenvalue weighted by molar-refractivity contribution is 0.222. The van der Waals surface area contributed by atoms with E-state index in [1.807, 2.05) is 0 Å². The summed E-state index contributed by atoms with van der Waals surface area (Å²) in [7, 11) is 4.18. The van der Waals surface area contributed by atoms with Crippen molar-refractivity contribution in [2.75, 3.05) is 32.1 Å². The lowest BCUT2D eigenvalue weighted by atomic mass is 9.85. The molecule has 2 aromatic rings. The zero-order valence-electron chi connectivity index (χ0n) is 15.0. The van der Waals surface area contributed by atoms with Crippen LogP contribution in [0.25, 0.3) is 11.1 Å². The van der Waals surface area contributed by atoms with Gasteiger partial charge in [0.2, 0.25) is 0 Å². The molecule has 2 aliphatic rings. The molecule has 1 fully saturated rings. The first-order valence-corrected chi connectivity index (χ1v) is 9.34. The zero-order valence-corrected chi connectivity index (χ0v) is 15.0. The summed E-state index contributed by atoms with van der Waals surface area (Å²) in [5.74, 6) is 0. The van der Waals surface area contributed by atoms with Gasteiger partial charge in [0.25, 0.3) is 0 Å². The average molecular weight is 320 g/mol. The van der Waals surface area contributed by atoms with E-state index in [4.69, 9.17) is 0 Å². The first kappa shape index (κ1) is 15.7. The molecule has 0 bridgehead atoms. The molecule has 1 aliphatic heterocycles. The Kier molecular flexibility index (Phi) is 4.32. The number of fused-ring (bicyclic) bond motifs is 1. The van der Waals surface area contributed by atoms with Crippen LogP contribution in [0.15, 0.2) is 42.5 Å². The molecule has 126 valence electrons. The predicted octanol–water partition coefficient (Wildman–Crippen LogP) is 4.37. The highest BCUT2D eigenvalue weighted by molar-refractivity contribution is 5.67. The summed E-state index contributed by atoms with van der Waals surface area (Å²) in [6, 6.07) is 16.8. The van der Waals surface area contributed by atoms with Gasteiger partial charge in [-0.25, -0.2) is 0 Å². The van der Waals surface area contributed by atoms with E-state index in [2.05, 4.69) is 66.4 Å². The van der Waals surface area contributed by atoms with Crippen LogP contribution in [0.2, 0.25) is 0 Å². The van der Waals surface area contributed by atoms with Gasteiger partial charge < -0.3 is 9.80 Å². The Balaban J connectivity index is 1.53. The number of likely N-dealkylation sites (tertiary alicyclic amines) is 1. The van der Waals surface area contributed by atoms with Crippen LogP contribution in [0.5, 0.6) is 0 Å². The maximum Gasteiger partial charge on any atom is 0.0361 e.